The van der Waals surface area contributed by atoms with Crippen molar-refractivity contribution in [3.05, 3.63) is 29.0 Å². The van der Waals surface area contributed by atoms with Crippen LogP contribution in [0.1, 0.15) is 24.2 Å². The Morgan fingerprint density at radius 1 is 1.56 bits per heavy atom. The zero-order valence-electron chi connectivity index (χ0n) is 9.27. The van der Waals surface area contributed by atoms with Crippen LogP contribution >= 0.6 is 11.6 Å². The van der Waals surface area contributed by atoms with Gasteiger partial charge in [0, 0.05) is 6.20 Å². The van der Waals surface area contributed by atoms with Gasteiger partial charge in [-0.3, -0.25) is 4.79 Å². The van der Waals surface area contributed by atoms with Crippen LogP contribution in [0, 0.1) is 5.92 Å². The number of rotatable bonds is 4. The van der Waals surface area contributed by atoms with Gasteiger partial charge in [-0.1, -0.05) is 25.4 Å². The zero-order chi connectivity index (χ0) is 12.1. The molecule has 1 aromatic rings. The van der Waals surface area contributed by atoms with Crippen LogP contribution in [0.4, 0.5) is 0 Å². The molecule has 0 aliphatic carbocycles. The predicted molar refractivity (Wildman–Crippen MR) is 62.4 cm³/mol. The molecular weight excluding hydrogens is 228 g/mol. The topological polar surface area (TPSA) is 62.2 Å². The highest BCUT2D eigenvalue weighted by Gasteiger charge is 2.16. The molecule has 0 aliphatic heterocycles. The number of aliphatic hydroxyl groups excluding tert-OH is 1. The minimum absolute atomic E-state index is 0.0789. The van der Waals surface area contributed by atoms with Gasteiger partial charge in [0.25, 0.3) is 5.91 Å². The van der Waals surface area contributed by atoms with Gasteiger partial charge >= 0.3 is 0 Å². The molecule has 1 rings (SSSR count). The molecule has 88 valence electrons. The van der Waals surface area contributed by atoms with Gasteiger partial charge in [0.2, 0.25) is 0 Å². The molecule has 0 fully saturated rings. The smallest absolute Gasteiger partial charge is 0.253 e. The van der Waals surface area contributed by atoms with Crippen LogP contribution in [0.3, 0.4) is 0 Å². The summed E-state index contributed by atoms with van der Waals surface area (Å²) < 4.78 is 0. The predicted octanol–water partition coefficient (Wildman–Crippen LogP) is 1.48. The van der Waals surface area contributed by atoms with Gasteiger partial charge in [-0.05, 0) is 18.1 Å². The lowest BCUT2D eigenvalue weighted by Gasteiger charge is -2.19. The Bertz CT molecular complexity index is 352. The third-order valence-corrected chi connectivity index (χ3v) is 2.53. The minimum atomic E-state index is -0.253. The van der Waals surface area contributed by atoms with Gasteiger partial charge in [-0.15, -0.1) is 0 Å². The number of hydrogen-bond donors (Lipinski definition) is 2. The van der Waals surface area contributed by atoms with E-state index in [-0.39, 0.29) is 24.5 Å². The van der Waals surface area contributed by atoms with Crippen molar-refractivity contribution in [3.63, 3.8) is 0 Å². The van der Waals surface area contributed by atoms with E-state index in [1.165, 1.54) is 6.20 Å². The summed E-state index contributed by atoms with van der Waals surface area (Å²) in [6.07, 6.45) is 1.41. The maximum atomic E-state index is 11.7. The fourth-order valence-corrected chi connectivity index (χ4v) is 1.30. The monoisotopic (exact) mass is 242 g/mol. The lowest BCUT2D eigenvalue weighted by atomic mass is 10.1. The van der Waals surface area contributed by atoms with Crippen LogP contribution < -0.4 is 5.32 Å². The summed E-state index contributed by atoms with van der Waals surface area (Å²) in [6.45, 7) is 3.78. The molecule has 0 aromatic carbocycles. The van der Waals surface area contributed by atoms with Crippen LogP contribution in [-0.2, 0) is 0 Å². The molecule has 0 radical (unpaired) electrons. The van der Waals surface area contributed by atoms with E-state index in [2.05, 4.69) is 10.3 Å². The van der Waals surface area contributed by atoms with Crippen LogP contribution in [0.25, 0.3) is 0 Å². The molecule has 0 spiro atoms. The molecule has 1 amide bonds. The standard InChI is InChI=1S/C11H15ClN2O2/c1-7(2)9(6-15)14-11(16)8-3-4-10(12)13-5-8/h3-5,7,9,15H,6H2,1-2H3,(H,14,16)/t9-/m1/s1. The maximum Gasteiger partial charge on any atom is 0.253 e. The second-order valence-electron chi connectivity index (χ2n) is 3.88. The Labute approximate surface area is 99.6 Å². The number of nitrogens with one attached hydrogen (secondary N) is 1. The van der Waals surface area contributed by atoms with Crippen LogP contribution in [-0.4, -0.2) is 28.6 Å². The highest BCUT2D eigenvalue weighted by molar-refractivity contribution is 6.29. The molecule has 4 nitrogen and oxygen atoms in total. The van der Waals surface area contributed by atoms with Crippen LogP contribution in [0.2, 0.25) is 5.15 Å². The summed E-state index contributed by atoms with van der Waals surface area (Å²) >= 11 is 5.62. The third kappa shape index (κ3) is 3.47. The Hall–Kier alpha value is -1.13. The second-order valence-corrected chi connectivity index (χ2v) is 4.26. The molecule has 1 aromatic heterocycles. The summed E-state index contributed by atoms with van der Waals surface area (Å²) in [5.74, 6) is -0.0777. The van der Waals surface area contributed by atoms with Crippen molar-refractivity contribution < 1.29 is 9.90 Å². The summed E-state index contributed by atoms with van der Waals surface area (Å²) in [6, 6.07) is 2.90. The van der Waals surface area contributed by atoms with Crippen molar-refractivity contribution in [2.24, 2.45) is 5.92 Å². The lowest BCUT2D eigenvalue weighted by Crippen LogP contribution is -2.41. The first-order valence-electron chi connectivity index (χ1n) is 5.08. The van der Waals surface area contributed by atoms with Crippen molar-refractivity contribution in [2.75, 3.05) is 6.61 Å². The Kier molecular flexibility index (Phi) is 4.71. The molecule has 1 heterocycles. The van der Waals surface area contributed by atoms with Crippen molar-refractivity contribution >= 4 is 17.5 Å². The van der Waals surface area contributed by atoms with Gasteiger partial charge in [0.15, 0.2) is 0 Å². The normalized spacial score (nSPS) is 12.6. The molecule has 16 heavy (non-hydrogen) atoms. The van der Waals surface area contributed by atoms with E-state index in [1.54, 1.807) is 12.1 Å². The first kappa shape index (κ1) is 12.9. The molecule has 0 saturated heterocycles. The van der Waals surface area contributed by atoms with E-state index in [9.17, 15) is 4.79 Å². The number of pyridine rings is 1. The summed E-state index contributed by atoms with van der Waals surface area (Å²) in [7, 11) is 0. The van der Waals surface area contributed by atoms with E-state index < -0.39 is 0 Å². The highest BCUT2D eigenvalue weighted by atomic mass is 35.5. The highest BCUT2D eigenvalue weighted by Crippen LogP contribution is 2.07. The minimum Gasteiger partial charge on any atom is -0.394 e. The van der Waals surface area contributed by atoms with Gasteiger partial charge in [-0.2, -0.15) is 0 Å². The summed E-state index contributed by atoms with van der Waals surface area (Å²) in [4.78, 5) is 15.5. The Morgan fingerprint density at radius 2 is 2.25 bits per heavy atom. The van der Waals surface area contributed by atoms with E-state index in [0.717, 1.165) is 0 Å². The molecule has 0 aliphatic rings. The van der Waals surface area contributed by atoms with Crippen LogP contribution in [0.5, 0.6) is 0 Å². The number of hydrogen-bond acceptors (Lipinski definition) is 3. The van der Waals surface area contributed by atoms with Gasteiger partial charge in [-0.25, -0.2) is 4.98 Å². The Balaban J connectivity index is 2.68. The van der Waals surface area contributed by atoms with Gasteiger partial charge in [0.05, 0.1) is 18.2 Å². The largest absolute Gasteiger partial charge is 0.394 e. The molecule has 2 N–H and O–H groups in total. The molecule has 0 saturated carbocycles. The molecular formula is C11H15ClN2O2. The molecule has 0 bridgehead atoms. The zero-order valence-corrected chi connectivity index (χ0v) is 10.0. The number of aliphatic hydroxyl groups is 1. The molecule has 0 unspecified atom stereocenters. The fraction of sp³-hybridized carbons (Fsp3) is 0.455. The molecule has 5 heteroatoms. The third-order valence-electron chi connectivity index (χ3n) is 2.31. The van der Waals surface area contributed by atoms with Crippen molar-refractivity contribution in [1.82, 2.24) is 10.3 Å². The number of halogens is 1. The number of carbonyl (C=O) groups excluding carboxylic acids is 1. The summed E-state index contributed by atoms with van der Waals surface area (Å²) in [5.41, 5.74) is 0.434. The fourth-order valence-electron chi connectivity index (χ4n) is 1.18. The van der Waals surface area contributed by atoms with Crippen molar-refractivity contribution in [2.45, 2.75) is 19.9 Å². The second kappa shape index (κ2) is 5.82. The molecule has 1 atom stereocenters. The van der Waals surface area contributed by atoms with Crippen molar-refractivity contribution in [3.8, 4) is 0 Å². The average molecular weight is 243 g/mol. The van der Waals surface area contributed by atoms with E-state index in [4.69, 9.17) is 16.7 Å². The number of nitrogens with zero attached hydrogens (tertiary/aromatic N) is 1. The lowest BCUT2D eigenvalue weighted by molar-refractivity contribution is 0.0896. The SMILES string of the molecule is CC(C)[C@@H](CO)NC(=O)c1ccc(Cl)nc1. The maximum absolute atomic E-state index is 11.7. The quantitative estimate of drug-likeness (QED) is 0.787. The van der Waals surface area contributed by atoms with Crippen LogP contribution in [0.15, 0.2) is 18.3 Å². The van der Waals surface area contributed by atoms with E-state index >= 15 is 0 Å². The Morgan fingerprint density at radius 3 is 2.69 bits per heavy atom. The van der Waals surface area contributed by atoms with Crippen molar-refractivity contribution in [1.29, 1.82) is 0 Å². The van der Waals surface area contributed by atoms with Gasteiger partial charge in [0.1, 0.15) is 5.15 Å². The number of amides is 1. The number of carbonyl (C=O) groups is 1. The van der Waals surface area contributed by atoms with E-state index in [0.29, 0.717) is 10.7 Å². The van der Waals surface area contributed by atoms with E-state index in [1.807, 2.05) is 13.8 Å². The summed E-state index contributed by atoms with van der Waals surface area (Å²) in [5, 5.41) is 12.2. The first-order chi connectivity index (χ1) is 7.54. The average Bonchev–Trinajstić information content (AvgIpc) is 2.26. The first-order valence-corrected chi connectivity index (χ1v) is 5.45. The van der Waals surface area contributed by atoms with Gasteiger partial charge < -0.3 is 10.4 Å². The number of aromatic nitrogens is 1.